The van der Waals surface area contributed by atoms with Crippen LogP contribution >= 0.6 is 0 Å². The zero-order valence-electron chi connectivity index (χ0n) is 6.65. The minimum atomic E-state index is -4.22. The lowest BCUT2D eigenvalue weighted by molar-refractivity contribution is -0.199. The van der Waals surface area contributed by atoms with Crippen LogP contribution in [-0.2, 0) is 0 Å². The summed E-state index contributed by atoms with van der Waals surface area (Å²) in [6.07, 6.45) is -0.376. The van der Waals surface area contributed by atoms with Crippen LogP contribution in [0.4, 0.5) is 13.2 Å². The van der Waals surface area contributed by atoms with E-state index in [4.69, 9.17) is 5.73 Å². The molecule has 1 aliphatic carbocycles. The Balaban J connectivity index is 2.90. The zero-order chi connectivity index (χ0) is 9.41. The van der Waals surface area contributed by atoms with E-state index in [0.29, 0.717) is 0 Å². The van der Waals surface area contributed by atoms with Crippen LogP contribution in [0.5, 0.6) is 0 Å². The predicted octanol–water partition coefficient (Wildman–Crippen LogP) is 2.36. The fourth-order valence-electron chi connectivity index (χ4n) is 1.12. The molecule has 0 bridgehead atoms. The standard InChI is InChI=1S/C8H10F3N/c1-7(8(9,10)11)4-2-3-6(12)5-7/h2-4H,5,12H2,1H3. The van der Waals surface area contributed by atoms with Gasteiger partial charge in [0.15, 0.2) is 0 Å². The van der Waals surface area contributed by atoms with Crippen molar-refractivity contribution in [1.29, 1.82) is 0 Å². The van der Waals surface area contributed by atoms with E-state index in [1.807, 2.05) is 0 Å². The molecule has 12 heavy (non-hydrogen) atoms. The van der Waals surface area contributed by atoms with E-state index in [2.05, 4.69) is 0 Å². The molecule has 1 rings (SSSR count). The summed E-state index contributed by atoms with van der Waals surface area (Å²) in [7, 11) is 0. The third kappa shape index (κ3) is 1.47. The summed E-state index contributed by atoms with van der Waals surface area (Å²) < 4.78 is 37.1. The second-order valence-electron chi connectivity index (χ2n) is 3.19. The van der Waals surface area contributed by atoms with E-state index in [1.54, 1.807) is 0 Å². The molecule has 0 spiro atoms. The average molecular weight is 177 g/mol. The van der Waals surface area contributed by atoms with E-state index in [-0.39, 0.29) is 12.1 Å². The molecule has 0 heterocycles. The van der Waals surface area contributed by atoms with E-state index in [0.717, 1.165) is 13.0 Å². The van der Waals surface area contributed by atoms with Gasteiger partial charge in [0.2, 0.25) is 0 Å². The summed E-state index contributed by atoms with van der Waals surface area (Å²) >= 11 is 0. The maximum atomic E-state index is 12.4. The summed E-state index contributed by atoms with van der Waals surface area (Å²) in [5, 5.41) is 0. The van der Waals surface area contributed by atoms with Crippen molar-refractivity contribution in [1.82, 2.24) is 0 Å². The van der Waals surface area contributed by atoms with Crippen molar-refractivity contribution in [2.45, 2.75) is 19.5 Å². The molecule has 0 amide bonds. The Hall–Kier alpha value is -0.930. The van der Waals surface area contributed by atoms with Crippen LogP contribution in [0.2, 0.25) is 0 Å². The Bertz CT molecular complexity index is 239. The molecule has 1 unspecified atom stereocenters. The Morgan fingerprint density at radius 3 is 2.42 bits per heavy atom. The molecule has 1 aliphatic rings. The molecule has 0 aromatic carbocycles. The van der Waals surface area contributed by atoms with Crippen LogP contribution in [0.15, 0.2) is 23.9 Å². The predicted molar refractivity (Wildman–Crippen MR) is 40.2 cm³/mol. The van der Waals surface area contributed by atoms with Crippen molar-refractivity contribution in [3.8, 4) is 0 Å². The van der Waals surface area contributed by atoms with Crippen LogP contribution < -0.4 is 5.73 Å². The van der Waals surface area contributed by atoms with Crippen molar-refractivity contribution in [2.75, 3.05) is 0 Å². The summed E-state index contributed by atoms with van der Waals surface area (Å²) in [5.41, 5.74) is 3.81. The highest BCUT2D eigenvalue weighted by Gasteiger charge is 2.49. The van der Waals surface area contributed by atoms with Crippen molar-refractivity contribution in [3.05, 3.63) is 23.9 Å². The lowest BCUT2D eigenvalue weighted by atomic mass is 9.82. The van der Waals surface area contributed by atoms with Gasteiger partial charge in [-0.2, -0.15) is 13.2 Å². The van der Waals surface area contributed by atoms with Gasteiger partial charge in [-0.3, -0.25) is 0 Å². The van der Waals surface area contributed by atoms with Crippen molar-refractivity contribution in [3.63, 3.8) is 0 Å². The van der Waals surface area contributed by atoms with Gasteiger partial charge in [0, 0.05) is 12.1 Å². The maximum Gasteiger partial charge on any atom is 0.397 e. The first-order valence-corrected chi connectivity index (χ1v) is 3.56. The number of allylic oxidation sites excluding steroid dienone is 4. The molecule has 68 valence electrons. The summed E-state index contributed by atoms with van der Waals surface area (Å²) in [5.74, 6) is 0. The first kappa shape index (κ1) is 9.16. The number of hydrogen-bond acceptors (Lipinski definition) is 1. The molecule has 0 aliphatic heterocycles. The molecule has 0 saturated carbocycles. The van der Waals surface area contributed by atoms with Gasteiger partial charge >= 0.3 is 6.18 Å². The van der Waals surface area contributed by atoms with Gasteiger partial charge in [0.05, 0.1) is 5.41 Å². The normalized spacial score (nSPS) is 30.2. The third-order valence-electron chi connectivity index (χ3n) is 1.99. The number of hydrogen-bond donors (Lipinski definition) is 1. The third-order valence-corrected chi connectivity index (χ3v) is 1.99. The lowest BCUT2D eigenvalue weighted by Gasteiger charge is -2.30. The molecule has 0 aromatic rings. The maximum absolute atomic E-state index is 12.4. The molecular formula is C8H10F3N. The van der Waals surface area contributed by atoms with Gasteiger partial charge in [-0.05, 0) is 13.0 Å². The molecule has 4 heteroatoms. The molecule has 0 saturated heterocycles. The van der Waals surface area contributed by atoms with Crippen LogP contribution in [0.3, 0.4) is 0 Å². The fourth-order valence-corrected chi connectivity index (χ4v) is 1.12. The fraction of sp³-hybridized carbons (Fsp3) is 0.500. The van der Waals surface area contributed by atoms with Crippen LogP contribution in [0.1, 0.15) is 13.3 Å². The molecule has 1 atom stereocenters. The van der Waals surface area contributed by atoms with Crippen LogP contribution in [0, 0.1) is 5.41 Å². The highest BCUT2D eigenvalue weighted by molar-refractivity contribution is 5.22. The SMILES string of the molecule is CC1(C(F)(F)F)C=CC=C(N)C1. The quantitative estimate of drug-likeness (QED) is 0.603. The topological polar surface area (TPSA) is 26.0 Å². The smallest absolute Gasteiger partial charge is 0.397 e. The summed E-state index contributed by atoms with van der Waals surface area (Å²) in [6.45, 7) is 1.14. The van der Waals surface area contributed by atoms with Crippen molar-refractivity contribution < 1.29 is 13.2 Å². The summed E-state index contributed by atoms with van der Waals surface area (Å²) in [4.78, 5) is 0. The second kappa shape index (κ2) is 2.54. The van der Waals surface area contributed by atoms with Gasteiger partial charge in [-0.25, -0.2) is 0 Å². The molecule has 0 aromatic heterocycles. The Labute approximate surface area is 68.7 Å². The first-order valence-electron chi connectivity index (χ1n) is 3.56. The second-order valence-corrected chi connectivity index (χ2v) is 3.19. The van der Waals surface area contributed by atoms with Gasteiger partial charge < -0.3 is 5.73 Å². The van der Waals surface area contributed by atoms with E-state index >= 15 is 0 Å². The molecule has 2 N–H and O–H groups in total. The number of alkyl halides is 3. The van der Waals surface area contributed by atoms with E-state index in [9.17, 15) is 13.2 Å². The minimum Gasteiger partial charge on any atom is -0.402 e. The monoisotopic (exact) mass is 177 g/mol. The molecule has 0 fully saturated rings. The van der Waals surface area contributed by atoms with Crippen molar-refractivity contribution >= 4 is 0 Å². The molecule has 0 radical (unpaired) electrons. The highest BCUT2D eigenvalue weighted by Crippen LogP contribution is 2.44. The van der Waals surface area contributed by atoms with Gasteiger partial charge in [-0.15, -0.1) is 0 Å². The highest BCUT2D eigenvalue weighted by atomic mass is 19.4. The Kier molecular flexibility index (Phi) is 1.94. The van der Waals surface area contributed by atoms with Gasteiger partial charge in [-0.1, -0.05) is 12.2 Å². The van der Waals surface area contributed by atoms with Crippen molar-refractivity contribution in [2.24, 2.45) is 11.1 Å². The van der Waals surface area contributed by atoms with Crippen LogP contribution in [0.25, 0.3) is 0 Å². The number of halogens is 3. The Morgan fingerprint density at radius 2 is 2.08 bits per heavy atom. The number of rotatable bonds is 0. The lowest BCUT2D eigenvalue weighted by Crippen LogP contribution is -2.35. The molecule has 1 nitrogen and oxygen atoms in total. The molecular weight excluding hydrogens is 167 g/mol. The summed E-state index contributed by atoms with van der Waals surface area (Å²) in [6, 6.07) is 0. The number of nitrogens with two attached hydrogens (primary N) is 1. The largest absolute Gasteiger partial charge is 0.402 e. The van der Waals surface area contributed by atoms with Gasteiger partial charge in [0.25, 0.3) is 0 Å². The average Bonchev–Trinajstić information content (AvgIpc) is 1.83. The Morgan fingerprint density at radius 1 is 1.50 bits per heavy atom. The minimum absolute atomic E-state index is 0.146. The van der Waals surface area contributed by atoms with E-state index in [1.165, 1.54) is 12.2 Å². The van der Waals surface area contributed by atoms with E-state index < -0.39 is 11.6 Å². The first-order chi connectivity index (χ1) is 5.35. The van der Waals surface area contributed by atoms with Crippen LogP contribution in [-0.4, -0.2) is 6.18 Å². The van der Waals surface area contributed by atoms with Gasteiger partial charge in [0.1, 0.15) is 0 Å². The zero-order valence-corrected chi connectivity index (χ0v) is 6.65.